The van der Waals surface area contributed by atoms with Crippen molar-refractivity contribution in [2.45, 2.75) is 20.4 Å². The predicted molar refractivity (Wildman–Crippen MR) is 54.1 cm³/mol. The van der Waals surface area contributed by atoms with Gasteiger partial charge in [-0.3, -0.25) is 5.09 Å². The summed E-state index contributed by atoms with van der Waals surface area (Å²) in [7, 11) is 2.46. The van der Waals surface area contributed by atoms with Crippen LogP contribution in [0.15, 0.2) is 12.1 Å². The van der Waals surface area contributed by atoms with Crippen LogP contribution in [0.5, 0.6) is 5.75 Å². The Bertz CT molecular complexity index is 263. The second-order valence-corrected chi connectivity index (χ2v) is 3.37. The third kappa shape index (κ3) is 1.96. The van der Waals surface area contributed by atoms with Crippen LogP contribution in [0, 0.1) is 13.8 Å². The largest absolute Gasteiger partial charge is 0.507 e. The Hall–Kier alpha value is -0.590. The molecule has 0 bridgehead atoms. The summed E-state index contributed by atoms with van der Waals surface area (Å²) < 4.78 is 0. The standard InChI is InChI=1S/C9H14NOP/c1-6-3-8(5-10-12)4-7(2)9(6)11/h3-4,10-11H,5,12H2,1-2H3. The Morgan fingerprint density at radius 3 is 2.25 bits per heavy atom. The molecule has 66 valence electrons. The van der Waals surface area contributed by atoms with Gasteiger partial charge in [-0.05, 0) is 30.5 Å². The molecule has 1 unspecified atom stereocenters. The molecule has 1 atom stereocenters. The van der Waals surface area contributed by atoms with Crippen LogP contribution in [-0.4, -0.2) is 5.11 Å². The van der Waals surface area contributed by atoms with Gasteiger partial charge < -0.3 is 5.11 Å². The van der Waals surface area contributed by atoms with Crippen molar-refractivity contribution < 1.29 is 5.11 Å². The first-order chi connectivity index (χ1) is 5.65. The van der Waals surface area contributed by atoms with Crippen LogP contribution in [0.4, 0.5) is 0 Å². The summed E-state index contributed by atoms with van der Waals surface area (Å²) in [5.41, 5.74) is 3.06. The number of rotatable bonds is 2. The number of hydrogen-bond donors (Lipinski definition) is 2. The molecule has 0 aliphatic rings. The van der Waals surface area contributed by atoms with Crippen molar-refractivity contribution in [3.8, 4) is 5.75 Å². The molecule has 2 N–H and O–H groups in total. The summed E-state index contributed by atoms with van der Waals surface area (Å²) in [4.78, 5) is 0. The van der Waals surface area contributed by atoms with Gasteiger partial charge in [0.2, 0.25) is 0 Å². The van der Waals surface area contributed by atoms with E-state index in [0.29, 0.717) is 5.75 Å². The van der Waals surface area contributed by atoms with E-state index in [1.165, 1.54) is 5.56 Å². The zero-order valence-electron chi connectivity index (χ0n) is 7.39. The Labute approximate surface area is 75.3 Å². The average Bonchev–Trinajstić information content (AvgIpc) is 2.01. The van der Waals surface area contributed by atoms with Gasteiger partial charge in [0.25, 0.3) is 0 Å². The van der Waals surface area contributed by atoms with Crippen molar-refractivity contribution in [1.82, 2.24) is 5.09 Å². The molecule has 0 heterocycles. The number of phenols is 1. The first-order valence-corrected chi connectivity index (χ1v) is 4.45. The number of nitrogens with one attached hydrogen (secondary N) is 1. The summed E-state index contributed by atoms with van der Waals surface area (Å²) in [5.74, 6) is 0.405. The fourth-order valence-electron chi connectivity index (χ4n) is 1.27. The van der Waals surface area contributed by atoms with E-state index < -0.39 is 0 Å². The van der Waals surface area contributed by atoms with Gasteiger partial charge in [0.05, 0.1) is 0 Å². The van der Waals surface area contributed by atoms with Gasteiger partial charge >= 0.3 is 0 Å². The first kappa shape index (κ1) is 9.50. The van der Waals surface area contributed by atoms with E-state index in [2.05, 4.69) is 14.5 Å². The number of benzene rings is 1. The van der Waals surface area contributed by atoms with Gasteiger partial charge in [0, 0.05) is 6.54 Å². The molecule has 0 fully saturated rings. The number of hydrogen-bond acceptors (Lipinski definition) is 2. The van der Waals surface area contributed by atoms with Crippen LogP contribution in [-0.2, 0) is 6.54 Å². The molecule has 3 heteroatoms. The van der Waals surface area contributed by atoms with E-state index in [1.54, 1.807) is 0 Å². The highest BCUT2D eigenvalue weighted by Crippen LogP contribution is 2.22. The molecule has 0 amide bonds. The molecule has 0 aliphatic carbocycles. The highest BCUT2D eigenvalue weighted by molar-refractivity contribution is 7.13. The van der Waals surface area contributed by atoms with Gasteiger partial charge in [-0.1, -0.05) is 21.5 Å². The van der Waals surface area contributed by atoms with Crippen molar-refractivity contribution in [2.75, 3.05) is 0 Å². The molecule has 0 saturated carbocycles. The SMILES string of the molecule is Cc1cc(CNP)cc(C)c1O. The second-order valence-electron chi connectivity index (χ2n) is 2.96. The molecular weight excluding hydrogens is 169 g/mol. The summed E-state index contributed by atoms with van der Waals surface area (Å²) in [5, 5.41) is 12.5. The molecular formula is C9H14NOP. The Morgan fingerprint density at radius 1 is 1.33 bits per heavy atom. The zero-order valence-corrected chi connectivity index (χ0v) is 8.54. The van der Waals surface area contributed by atoms with Gasteiger partial charge in [-0.2, -0.15) is 0 Å². The molecule has 2 nitrogen and oxygen atoms in total. The lowest BCUT2D eigenvalue weighted by atomic mass is 10.1. The van der Waals surface area contributed by atoms with Crippen molar-refractivity contribution in [1.29, 1.82) is 0 Å². The molecule has 1 aromatic carbocycles. The third-order valence-electron chi connectivity index (χ3n) is 1.86. The topological polar surface area (TPSA) is 32.3 Å². The van der Waals surface area contributed by atoms with E-state index in [0.717, 1.165) is 17.7 Å². The monoisotopic (exact) mass is 183 g/mol. The van der Waals surface area contributed by atoms with Crippen molar-refractivity contribution >= 4 is 9.39 Å². The van der Waals surface area contributed by atoms with E-state index in [4.69, 9.17) is 0 Å². The minimum Gasteiger partial charge on any atom is -0.507 e. The molecule has 1 aromatic rings. The third-order valence-corrected chi connectivity index (χ3v) is 2.06. The lowest BCUT2D eigenvalue weighted by molar-refractivity contribution is 0.466. The van der Waals surface area contributed by atoms with E-state index >= 15 is 0 Å². The Morgan fingerprint density at radius 2 is 1.83 bits per heavy atom. The predicted octanol–water partition coefficient (Wildman–Crippen LogP) is 1.89. The van der Waals surface area contributed by atoms with Crippen LogP contribution in [0.3, 0.4) is 0 Å². The molecule has 0 radical (unpaired) electrons. The highest BCUT2D eigenvalue weighted by atomic mass is 31.0. The maximum absolute atomic E-state index is 9.47. The lowest BCUT2D eigenvalue weighted by Gasteiger charge is -2.06. The van der Waals surface area contributed by atoms with E-state index in [1.807, 2.05) is 26.0 Å². The summed E-state index contributed by atoms with van der Waals surface area (Å²) >= 11 is 0. The lowest BCUT2D eigenvalue weighted by Crippen LogP contribution is -1.98. The summed E-state index contributed by atoms with van der Waals surface area (Å²) in [6.45, 7) is 4.63. The van der Waals surface area contributed by atoms with E-state index in [9.17, 15) is 5.11 Å². The maximum Gasteiger partial charge on any atom is 0.121 e. The van der Waals surface area contributed by atoms with Crippen LogP contribution in [0.1, 0.15) is 16.7 Å². The Kier molecular flexibility index (Phi) is 3.07. The van der Waals surface area contributed by atoms with Crippen LogP contribution in [0.2, 0.25) is 0 Å². The molecule has 0 spiro atoms. The van der Waals surface area contributed by atoms with E-state index in [-0.39, 0.29) is 0 Å². The van der Waals surface area contributed by atoms with Crippen molar-refractivity contribution in [3.63, 3.8) is 0 Å². The number of phenolic OH excluding ortho intramolecular Hbond substituents is 1. The number of aromatic hydroxyl groups is 1. The Balaban J connectivity index is 3.04. The zero-order chi connectivity index (χ0) is 9.14. The van der Waals surface area contributed by atoms with Gasteiger partial charge in [-0.25, -0.2) is 0 Å². The molecule has 0 saturated heterocycles. The van der Waals surface area contributed by atoms with Crippen LogP contribution < -0.4 is 5.09 Å². The smallest absolute Gasteiger partial charge is 0.121 e. The fourth-order valence-corrected chi connectivity index (χ4v) is 1.50. The van der Waals surface area contributed by atoms with Crippen LogP contribution in [0.25, 0.3) is 0 Å². The first-order valence-electron chi connectivity index (χ1n) is 3.87. The summed E-state index contributed by atoms with van der Waals surface area (Å²) in [6, 6.07) is 3.97. The minimum absolute atomic E-state index is 0.405. The molecule has 12 heavy (non-hydrogen) atoms. The van der Waals surface area contributed by atoms with Gasteiger partial charge in [-0.15, -0.1) is 0 Å². The van der Waals surface area contributed by atoms with Gasteiger partial charge in [0.1, 0.15) is 5.75 Å². The van der Waals surface area contributed by atoms with Gasteiger partial charge in [0.15, 0.2) is 0 Å². The quantitative estimate of drug-likeness (QED) is 0.686. The second kappa shape index (κ2) is 3.88. The van der Waals surface area contributed by atoms with Crippen molar-refractivity contribution in [2.24, 2.45) is 0 Å². The number of aryl methyl sites for hydroxylation is 2. The average molecular weight is 183 g/mol. The summed E-state index contributed by atoms with van der Waals surface area (Å²) in [6.07, 6.45) is 0. The fraction of sp³-hybridized carbons (Fsp3) is 0.333. The minimum atomic E-state index is 0.405. The highest BCUT2D eigenvalue weighted by Gasteiger charge is 2.01. The maximum atomic E-state index is 9.47. The molecule has 0 aromatic heterocycles. The normalized spacial score (nSPS) is 10.2. The van der Waals surface area contributed by atoms with Crippen molar-refractivity contribution in [3.05, 3.63) is 28.8 Å². The molecule has 1 rings (SSSR count). The van der Waals surface area contributed by atoms with Crippen LogP contribution >= 0.6 is 9.39 Å². The molecule has 0 aliphatic heterocycles.